The van der Waals surface area contributed by atoms with Crippen LogP contribution < -0.4 is 16.0 Å². The van der Waals surface area contributed by atoms with Crippen LogP contribution in [-0.2, 0) is 19.0 Å². The molecule has 214 valence electrons. The fraction of sp³-hybridized carbons (Fsp3) is 0.500. The molecule has 3 aromatic rings. The van der Waals surface area contributed by atoms with E-state index in [9.17, 15) is 9.18 Å². The van der Waals surface area contributed by atoms with Crippen molar-refractivity contribution in [2.45, 2.75) is 38.5 Å². The molecule has 0 atom stereocenters. The minimum absolute atomic E-state index is 0.135. The van der Waals surface area contributed by atoms with Gasteiger partial charge in [0.2, 0.25) is 18.1 Å². The standard InChI is InChI=1S/C28H36FN7O4/c1-28(26(37)31-11-3-15-38-2)16-39-25(40-17-28)24-35-22(18-4-6-19(29)7-5-18)23(36-24)21-10-14-32-27(34-21)33-20-8-12-30-13-9-20/h4-7,10,14,20,25,30H,3,8-9,11-13,15-17H2,1-2H3,(H,31,37)(H,35,36)(H,32,33,34). The summed E-state index contributed by atoms with van der Waals surface area (Å²) < 4.78 is 30.7. The molecule has 2 aliphatic rings. The zero-order valence-corrected chi connectivity index (χ0v) is 22.8. The molecule has 1 aromatic carbocycles. The Bertz CT molecular complexity index is 1270. The lowest BCUT2D eigenvalue weighted by molar-refractivity contribution is -0.231. The molecule has 0 saturated carbocycles. The number of nitrogens with one attached hydrogen (secondary N) is 4. The highest BCUT2D eigenvalue weighted by atomic mass is 19.1. The largest absolute Gasteiger partial charge is 0.385 e. The first-order valence-electron chi connectivity index (χ1n) is 13.6. The number of carbonyl (C=O) groups excluding carboxylic acids is 1. The summed E-state index contributed by atoms with van der Waals surface area (Å²) in [5.74, 6) is 0.491. The quantitative estimate of drug-likeness (QED) is 0.279. The first-order valence-corrected chi connectivity index (χ1v) is 13.6. The van der Waals surface area contributed by atoms with Gasteiger partial charge in [0.25, 0.3) is 0 Å². The van der Waals surface area contributed by atoms with Crippen molar-refractivity contribution >= 4 is 11.9 Å². The van der Waals surface area contributed by atoms with E-state index in [-0.39, 0.29) is 24.9 Å². The molecule has 4 N–H and O–H groups in total. The third-order valence-electron chi connectivity index (χ3n) is 7.11. The van der Waals surface area contributed by atoms with Crippen molar-refractivity contribution in [1.29, 1.82) is 0 Å². The van der Waals surface area contributed by atoms with Gasteiger partial charge in [-0.3, -0.25) is 4.79 Å². The number of ether oxygens (including phenoxy) is 3. The summed E-state index contributed by atoms with van der Waals surface area (Å²) in [5, 5.41) is 9.70. The summed E-state index contributed by atoms with van der Waals surface area (Å²) in [7, 11) is 1.63. The predicted molar refractivity (Wildman–Crippen MR) is 147 cm³/mol. The topological polar surface area (TPSA) is 135 Å². The molecule has 12 heteroatoms. The maximum absolute atomic E-state index is 13.7. The van der Waals surface area contributed by atoms with E-state index in [4.69, 9.17) is 24.2 Å². The molecule has 0 bridgehead atoms. The van der Waals surface area contributed by atoms with Gasteiger partial charge in [-0.1, -0.05) is 0 Å². The normalized spacial score (nSPS) is 21.7. The number of methoxy groups -OCH3 is 1. The van der Waals surface area contributed by atoms with Gasteiger partial charge in [-0.2, -0.15) is 0 Å². The van der Waals surface area contributed by atoms with Crippen LogP contribution in [0, 0.1) is 11.2 Å². The first kappa shape index (κ1) is 28.1. The second-order valence-electron chi connectivity index (χ2n) is 10.4. The number of hydrogen-bond donors (Lipinski definition) is 4. The van der Waals surface area contributed by atoms with E-state index in [0.29, 0.717) is 53.6 Å². The van der Waals surface area contributed by atoms with Crippen LogP contribution >= 0.6 is 0 Å². The van der Waals surface area contributed by atoms with Gasteiger partial charge in [-0.25, -0.2) is 19.3 Å². The van der Waals surface area contributed by atoms with E-state index in [2.05, 4.69) is 25.9 Å². The maximum atomic E-state index is 13.7. The summed E-state index contributed by atoms with van der Waals surface area (Å²) in [6.45, 7) is 5.12. The minimum atomic E-state index is -0.833. The fourth-order valence-electron chi connectivity index (χ4n) is 4.75. The van der Waals surface area contributed by atoms with E-state index >= 15 is 0 Å². The van der Waals surface area contributed by atoms with Crippen molar-refractivity contribution < 1.29 is 23.4 Å². The van der Waals surface area contributed by atoms with Crippen LogP contribution in [0.25, 0.3) is 22.6 Å². The van der Waals surface area contributed by atoms with Crippen molar-refractivity contribution in [3.63, 3.8) is 0 Å². The van der Waals surface area contributed by atoms with Crippen LogP contribution in [0.4, 0.5) is 10.3 Å². The molecule has 2 fully saturated rings. The molecule has 5 rings (SSSR count). The van der Waals surface area contributed by atoms with E-state index in [1.807, 2.05) is 6.92 Å². The predicted octanol–water partition coefficient (Wildman–Crippen LogP) is 3.04. The summed E-state index contributed by atoms with van der Waals surface area (Å²) in [6.07, 6.45) is 3.59. The van der Waals surface area contributed by atoms with Crippen LogP contribution in [0.1, 0.15) is 38.3 Å². The lowest BCUT2D eigenvalue weighted by Crippen LogP contribution is -2.48. The Morgan fingerprint density at radius 1 is 1.15 bits per heavy atom. The summed E-state index contributed by atoms with van der Waals surface area (Å²) in [5.41, 5.74) is 1.72. The van der Waals surface area contributed by atoms with Crippen molar-refractivity contribution in [3.05, 3.63) is 48.2 Å². The number of piperidine rings is 1. The Morgan fingerprint density at radius 2 is 1.90 bits per heavy atom. The van der Waals surface area contributed by atoms with E-state index < -0.39 is 11.7 Å². The summed E-state index contributed by atoms with van der Waals surface area (Å²) in [6, 6.07) is 8.21. The zero-order valence-electron chi connectivity index (χ0n) is 22.8. The van der Waals surface area contributed by atoms with Crippen LogP contribution in [0.2, 0.25) is 0 Å². The number of anilines is 1. The lowest BCUT2D eigenvalue weighted by atomic mass is 9.91. The van der Waals surface area contributed by atoms with Gasteiger partial charge in [-0.05, 0) is 69.6 Å². The Balaban J connectivity index is 1.36. The summed E-state index contributed by atoms with van der Waals surface area (Å²) >= 11 is 0. The van der Waals surface area contributed by atoms with Crippen LogP contribution in [-0.4, -0.2) is 78.4 Å². The molecule has 1 amide bonds. The number of nitrogens with zero attached hydrogens (tertiary/aromatic N) is 3. The van der Waals surface area contributed by atoms with Gasteiger partial charge in [0.15, 0.2) is 5.82 Å². The number of amides is 1. The number of H-pyrrole nitrogens is 1. The molecular weight excluding hydrogens is 517 g/mol. The number of aromatic nitrogens is 4. The molecule has 0 radical (unpaired) electrons. The van der Waals surface area contributed by atoms with Gasteiger partial charge < -0.3 is 35.1 Å². The highest BCUT2D eigenvalue weighted by Crippen LogP contribution is 2.35. The lowest BCUT2D eigenvalue weighted by Gasteiger charge is -2.35. The monoisotopic (exact) mass is 553 g/mol. The number of aromatic amines is 1. The molecule has 2 aromatic heterocycles. The molecule has 2 aliphatic heterocycles. The number of halogens is 1. The Kier molecular flexibility index (Phi) is 9.00. The highest BCUT2D eigenvalue weighted by Gasteiger charge is 2.40. The highest BCUT2D eigenvalue weighted by molar-refractivity contribution is 5.82. The summed E-state index contributed by atoms with van der Waals surface area (Å²) in [4.78, 5) is 30.0. The molecule has 11 nitrogen and oxygen atoms in total. The van der Waals surface area contributed by atoms with Crippen LogP contribution in [0.5, 0.6) is 0 Å². The molecular formula is C28H36FN7O4. The smallest absolute Gasteiger partial charge is 0.230 e. The van der Waals surface area contributed by atoms with Gasteiger partial charge in [-0.15, -0.1) is 0 Å². The van der Waals surface area contributed by atoms with Gasteiger partial charge >= 0.3 is 0 Å². The van der Waals surface area contributed by atoms with E-state index in [1.54, 1.807) is 31.5 Å². The minimum Gasteiger partial charge on any atom is -0.385 e. The first-order chi connectivity index (χ1) is 19.4. The Hall–Kier alpha value is -3.45. The Morgan fingerprint density at radius 3 is 2.62 bits per heavy atom. The number of benzene rings is 1. The number of hydrogen-bond acceptors (Lipinski definition) is 9. The third-order valence-corrected chi connectivity index (χ3v) is 7.11. The maximum Gasteiger partial charge on any atom is 0.230 e. The zero-order chi connectivity index (χ0) is 28.0. The number of rotatable bonds is 10. The van der Waals surface area contributed by atoms with Crippen LogP contribution in [0.3, 0.4) is 0 Å². The average Bonchev–Trinajstić information content (AvgIpc) is 3.42. The molecule has 2 saturated heterocycles. The second-order valence-corrected chi connectivity index (χ2v) is 10.4. The molecule has 0 unspecified atom stereocenters. The number of carbonyl (C=O) groups is 1. The van der Waals surface area contributed by atoms with Crippen LogP contribution in [0.15, 0.2) is 36.5 Å². The SMILES string of the molecule is COCCCNC(=O)C1(C)COC(c2nc(-c3ccc(F)cc3)c(-c3ccnc(NC4CCNCC4)n3)[nH]2)OC1. The Labute approximate surface area is 232 Å². The van der Waals surface area contributed by atoms with Gasteiger partial charge in [0.1, 0.15) is 5.82 Å². The van der Waals surface area contributed by atoms with Crippen molar-refractivity contribution in [2.24, 2.45) is 5.41 Å². The molecule has 40 heavy (non-hydrogen) atoms. The molecule has 4 heterocycles. The average molecular weight is 554 g/mol. The van der Waals surface area contributed by atoms with Gasteiger partial charge in [0.05, 0.1) is 35.7 Å². The van der Waals surface area contributed by atoms with E-state index in [1.165, 1.54) is 12.1 Å². The second kappa shape index (κ2) is 12.8. The van der Waals surface area contributed by atoms with Crippen molar-refractivity contribution in [2.75, 3.05) is 51.9 Å². The molecule has 0 aliphatic carbocycles. The van der Waals surface area contributed by atoms with E-state index in [0.717, 1.165) is 32.4 Å². The van der Waals surface area contributed by atoms with Crippen molar-refractivity contribution in [3.8, 4) is 22.6 Å². The number of imidazole rings is 1. The molecule has 0 spiro atoms. The third kappa shape index (κ3) is 6.64. The fourth-order valence-corrected chi connectivity index (χ4v) is 4.75. The van der Waals surface area contributed by atoms with Gasteiger partial charge in [0, 0.05) is 38.1 Å². The van der Waals surface area contributed by atoms with Crippen molar-refractivity contribution in [1.82, 2.24) is 30.6 Å².